The monoisotopic (exact) mass is 340 g/mol. The molecule has 0 aliphatic carbocycles. The fourth-order valence-corrected chi connectivity index (χ4v) is 2.75. The van der Waals surface area contributed by atoms with Gasteiger partial charge in [0, 0.05) is 51.4 Å². The van der Waals surface area contributed by atoms with Gasteiger partial charge in [-0.3, -0.25) is 9.69 Å². The van der Waals surface area contributed by atoms with Gasteiger partial charge in [-0.25, -0.2) is 4.98 Å². The van der Waals surface area contributed by atoms with Crippen molar-refractivity contribution in [3.05, 3.63) is 35.7 Å². The van der Waals surface area contributed by atoms with Crippen molar-refractivity contribution >= 4 is 17.5 Å². The molecule has 130 valence electrons. The summed E-state index contributed by atoms with van der Waals surface area (Å²) in [5, 5.41) is 15.5. The molecule has 0 radical (unpaired) electrons. The molecule has 1 aliphatic heterocycles. The van der Waals surface area contributed by atoms with Crippen LogP contribution in [-0.4, -0.2) is 53.7 Å². The lowest BCUT2D eigenvalue weighted by Gasteiger charge is -2.35. The second-order valence-corrected chi connectivity index (χ2v) is 5.96. The Labute approximate surface area is 146 Å². The number of nitriles is 1. The van der Waals surface area contributed by atoms with Crippen LogP contribution in [0.2, 0.25) is 0 Å². The van der Waals surface area contributed by atoms with Crippen LogP contribution in [0.1, 0.15) is 17.7 Å². The number of rotatable bonds is 5. The van der Waals surface area contributed by atoms with E-state index in [4.69, 9.17) is 9.78 Å². The van der Waals surface area contributed by atoms with E-state index < -0.39 is 0 Å². The molecule has 0 spiro atoms. The number of carbonyl (C=O) groups excluding carboxylic acids is 1. The number of aromatic nitrogens is 2. The third-order valence-electron chi connectivity index (χ3n) is 4.12. The molecule has 3 heterocycles. The highest BCUT2D eigenvalue weighted by Crippen LogP contribution is 2.15. The molecule has 0 aromatic carbocycles. The molecular formula is C17H20N6O2. The lowest BCUT2D eigenvalue weighted by molar-refractivity contribution is -0.116. The van der Waals surface area contributed by atoms with Crippen LogP contribution in [0, 0.1) is 18.3 Å². The molecule has 0 saturated carbocycles. The molecule has 1 N–H and O–H groups in total. The lowest BCUT2D eigenvalue weighted by Crippen LogP contribution is -2.47. The normalized spacial score (nSPS) is 15.0. The van der Waals surface area contributed by atoms with Gasteiger partial charge in [0.25, 0.3) is 0 Å². The summed E-state index contributed by atoms with van der Waals surface area (Å²) >= 11 is 0. The Morgan fingerprint density at radius 2 is 2.16 bits per heavy atom. The second-order valence-electron chi connectivity index (χ2n) is 5.96. The zero-order valence-electron chi connectivity index (χ0n) is 14.1. The van der Waals surface area contributed by atoms with Crippen LogP contribution in [0.3, 0.4) is 0 Å². The van der Waals surface area contributed by atoms with Crippen molar-refractivity contribution in [1.29, 1.82) is 5.26 Å². The van der Waals surface area contributed by atoms with Crippen LogP contribution < -0.4 is 10.2 Å². The number of aryl methyl sites for hydroxylation is 1. The fourth-order valence-electron chi connectivity index (χ4n) is 2.75. The summed E-state index contributed by atoms with van der Waals surface area (Å²) in [6.45, 7) is 5.84. The molecule has 25 heavy (non-hydrogen) atoms. The van der Waals surface area contributed by atoms with E-state index >= 15 is 0 Å². The molecule has 8 nitrogen and oxygen atoms in total. The van der Waals surface area contributed by atoms with Crippen LogP contribution in [0.15, 0.2) is 28.9 Å². The van der Waals surface area contributed by atoms with Gasteiger partial charge in [0.05, 0.1) is 11.6 Å². The molecule has 0 unspecified atom stereocenters. The molecule has 0 bridgehead atoms. The van der Waals surface area contributed by atoms with Crippen molar-refractivity contribution in [2.24, 2.45) is 0 Å². The van der Waals surface area contributed by atoms with Crippen molar-refractivity contribution < 1.29 is 9.32 Å². The summed E-state index contributed by atoms with van der Waals surface area (Å²) in [5.74, 6) is 1.88. The van der Waals surface area contributed by atoms with E-state index in [-0.39, 0.29) is 5.91 Å². The van der Waals surface area contributed by atoms with E-state index in [1.807, 2.05) is 6.07 Å². The minimum atomic E-state index is -0.0703. The van der Waals surface area contributed by atoms with Crippen molar-refractivity contribution in [2.45, 2.75) is 13.3 Å². The molecular weight excluding hydrogens is 320 g/mol. The van der Waals surface area contributed by atoms with E-state index in [0.717, 1.165) is 32.0 Å². The van der Waals surface area contributed by atoms with Gasteiger partial charge < -0.3 is 14.7 Å². The van der Waals surface area contributed by atoms with Crippen LogP contribution in [0.5, 0.6) is 0 Å². The smallest absolute Gasteiger partial charge is 0.226 e. The average Bonchev–Trinajstić information content (AvgIpc) is 3.05. The van der Waals surface area contributed by atoms with Crippen molar-refractivity contribution in [1.82, 2.24) is 15.0 Å². The SMILES string of the molecule is Cc1cc(NC(=O)CCN2CCN(c3cc(C#N)ccn3)CC2)no1. The molecule has 2 aromatic rings. The van der Waals surface area contributed by atoms with E-state index in [1.54, 1.807) is 25.3 Å². The number of pyridine rings is 1. The zero-order valence-corrected chi connectivity index (χ0v) is 14.1. The van der Waals surface area contributed by atoms with Gasteiger partial charge in [-0.1, -0.05) is 5.16 Å². The Morgan fingerprint density at radius 1 is 1.36 bits per heavy atom. The Balaban J connectivity index is 1.43. The fraction of sp³-hybridized carbons (Fsp3) is 0.412. The van der Waals surface area contributed by atoms with Crippen LogP contribution >= 0.6 is 0 Å². The summed E-state index contributed by atoms with van der Waals surface area (Å²) in [7, 11) is 0. The van der Waals surface area contributed by atoms with Gasteiger partial charge in [-0.05, 0) is 19.1 Å². The third-order valence-corrected chi connectivity index (χ3v) is 4.12. The number of amides is 1. The maximum Gasteiger partial charge on any atom is 0.226 e. The van der Waals surface area contributed by atoms with Gasteiger partial charge in [-0.15, -0.1) is 0 Å². The summed E-state index contributed by atoms with van der Waals surface area (Å²) in [4.78, 5) is 20.7. The second kappa shape index (κ2) is 7.77. The minimum absolute atomic E-state index is 0.0703. The number of carbonyl (C=O) groups is 1. The Kier molecular flexibility index (Phi) is 5.26. The van der Waals surface area contributed by atoms with Crippen LogP contribution in [0.25, 0.3) is 0 Å². The van der Waals surface area contributed by atoms with E-state index in [0.29, 0.717) is 30.1 Å². The number of piperazine rings is 1. The average molecular weight is 340 g/mol. The van der Waals surface area contributed by atoms with E-state index in [1.165, 1.54) is 0 Å². The predicted molar refractivity (Wildman–Crippen MR) is 92.1 cm³/mol. The van der Waals surface area contributed by atoms with Gasteiger partial charge in [0.1, 0.15) is 11.6 Å². The van der Waals surface area contributed by atoms with E-state index in [9.17, 15) is 4.79 Å². The van der Waals surface area contributed by atoms with Crippen LogP contribution in [0.4, 0.5) is 11.6 Å². The maximum absolute atomic E-state index is 12.0. The number of nitrogens with zero attached hydrogens (tertiary/aromatic N) is 5. The Bertz CT molecular complexity index is 773. The van der Waals surface area contributed by atoms with Gasteiger partial charge in [-0.2, -0.15) is 5.26 Å². The highest BCUT2D eigenvalue weighted by atomic mass is 16.5. The minimum Gasteiger partial charge on any atom is -0.360 e. The number of nitrogens with one attached hydrogen (secondary N) is 1. The predicted octanol–water partition coefficient (Wildman–Crippen LogP) is 1.40. The number of anilines is 2. The summed E-state index contributed by atoms with van der Waals surface area (Å²) < 4.78 is 4.92. The zero-order chi connectivity index (χ0) is 17.6. The number of hydrogen-bond acceptors (Lipinski definition) is 7. The molecule has 2 aromatic heterocycles. The van der Waals surface area contributed by atoms with Crippen molar-refractivity contribution in [2.75, 3.05) is 42.9 Å². The van der Waals surface area contributed by atoms with Crippen molar-refractivity contribution in [3.63, 3.8) is 0 Å². The molecule has 1 saturated heterocycles. The number of hydrogen-bond donors (Lipinski definition) is 1. The first-order valence-corrected chi connectivity index (χ1v) is 8.20. The van der Waals surface area contributed by atoms with Gasteiger partial charge >= 0.3 is 0 Å². The highest BCUT2D eigenvalue weighted by Gasteiger charge is 2.19. The molecule has 3 rings (SSSR count). The van der Waals surface area contributed by atoms with Crippen LogP contribution in [-0.2, 0) is 4.79 Å². The first kappa shape index (κ1) is 16.9. The van der Waals surface area contributed by atoms with E-state index in [2.05, 4.69) is 31.3 Å². The van der Waals surface area contributed by atoms with Gasteiger partial charge in [0.2, 0.25) is 5.91 Å². The maximum atomic E-state index is 12.0. The Hall–Kier alpha value is -2.92. The standard InChI is InChI=1S/C17H20N6O2/c1-13-10-15(21-25-13)20-17(24)3-5-22-6-8-23(9-7-22)16-11-14(12-18)2-4-19-16/h2,4,10-11H,3,5-9H2,1H3,(H,20,21,24). The molecule has 1 aliphatic rings. The summed E-state index contributed by atoms with van der Waals surface area (Å²) in [6.07, 6.45) is 2.07. The topological polar surface area (TPSA) is 98.3 Å². The molecule has 8 heteroatoms. The summed E-state index contributed by atoms with van der Waals surface area (Å²) in [6, 6.07) is 7.34. The first-order valence-electron chi connectivity index (χ1n) is 8.20. The largest absolute Gasteiger partial charge is 0.360 e. The molecule has 1 fully saturated rings. The molecule has 1 amide bonds. The lowest BCUT2D eigenvalue weighted by atomic mass is 10.2. The summed E-state index contributed by atoms with van der Waals surface area (Å²) in [5.41, 5.74) is 0.618. The third kappa shape index (κ3) is 4.55. The Morgan fingerprint density at radius 3 is 2.84 bits per heavy atom. The highest BCUT2D eigenvalue weighted by molar-refractivity contribution is 5.89. The quantitative estimate of drug-likeness (QED) is 0.878. The van der Waals surface area contributed by atoms with Gasteiger partial charge in [0.15, 0.2) is 5.82 Å². The van der Waals surface area contributed by atoms with Crippen molar-refractivity contribution in [3.8, 4) is 6.07 Å². The first-order chi connectivity index (χ1) is 12.1. The molecule has 0 atom stereocenters.